The molecule has 100 valence electrons. The van der Waals surface area contributed by atoms with Gasteiger partial charge in [0.1, 0.15) is 6.54 Å². The van der Waals surface area contributed by atoms with Gasteiger partial charge in [0.25, 0.3) is 0 Å². The first kappa shape index (κ1) is 14.7. The third-order valence-corrected chi connectivity index (χ3v) is 2.64. The van der Waals surface area contributed by atoms with E-state index in [1.807, 2.05) is 19.9 Å². The summed E-state index contributed by atoms with van der Waals surface area (Å²) in [7, 11) is 0. The van der Waals surface area contributed by atoms with Crippen LogP contribution in [0.3, 0.4) is 0 Å². The fraction of sp³-hybridized carbons (Fsp3) is 0.357. The molecule has 0 aliphatic carbocycles. The van der Waals surface area contributed by atoms with Crippen LogP contribution in [0.4, 0.5) is 5.69 Å². The summed E-state index contributed by atoms with van der Waals surface area (Å²) in [4.78, 5) is 24.7. The molecule has 1 rings (SSSR count). The number of carbonyl (C=O) groups excluding carboxylic acids is 2. The van der Waals surface area contributed by atoms with Gasteiger partial charge in [0.05, 0.1) is 11.6 Å². The van der Waals surface area contributed by atoms with Crippen molar-refractivity contribution in [3.05, 3.63) is 29.8 Å². The molecule has 0 heterocycles. The molecule has 0 unspecified atom stereocenters. The molecule has 19 heavy (non-hydrogen) atoms. The van der Waals surface area contributed by atoms with Crippen molar-refractivity contribution >= 4 is 17.5 Å². The predicted octanol–water partition coefficient (Wildman–Crippen LogP) is 1.75. The van der Waals surface area contributed by atoms with E-state index in [1.54, 1.807) is 24.3 Å². The van der Waals surface area contributed by atoms with Crippen LogP contribution in [0.25, 0.3) is 0 Å². The second-order valence-corrected chi connectivity index (χ2v) is 4.48. The lowest BCUT2D eigenvalue weighted by Crippen LogP contribution is -2.41. The molecule has 1 aromatic rings. The molecule has 0 radical (unpaired) electrons. The third kappa shape index (κ3) is 4.43. The van der Waals surface area contributed by atoms with E-state index in [9.17, 15) is 9.59 Å². The Kier molecular flexibility index (Phi) is 5.07. The Morgan fingerprint density at radius 1 is 1.32 bits per heavy atom. The molecule has 0 saturated heterocycles. The van der Waals surface area contributed by atoms with Crippen LogP contribution in [0.15, 0.2) is 24.3 Å². The molecule has 2 amide bonds. The van der Waals surface area contributed by atoms with E-state index in [2.05, 4.69) is 5.32 Å². The maximum Gasteiger partial charge on any atom is 0.244 e. The highest BCUT2D eigenvalue weighted by Gasteiger charge is 2.16. The first-order valence-electron chi connectivity index (χ1n) is 6.01. The number of rotatable bonds is 4. The zero-order valence-corrected chi connectivity index (χ0v) is 11.3. The molecule has 0 atom stereocenters. The molecular formula is C14H17N3O2. The van der Waals surface area contributed by atoms with Crippen molar-refractivity contribution in [2.24, 2.45) is 0 Å². The SMILES string of the molecule is CC(=O)N(CC(=O)Nc1ccc(C#N)cc1)C(C)C. The molecule has 0 aliphatic rings. The lowest BCUT2D eigenvalue weighted by atomic mass is 10.2. The maximum atomic E-state index is 11.8. The number of hydrogen-bond donors (Lipinski definition) is 1. The number of amides is 2. The van der Waals surface area contributed by atoms with Gasteiger partial charge in [0.2, 0.25) is 11.8 Å². The minimum Gasteiger partial charge on any atom is -0.331 e. The zero-order chi connectivity index (χ0) is 14.4. The van der Waals surface area contributed by atoms with Crippen molar-refractivity contribution in [2.75, 3.05) is 11.9 Å². The first-order chi connectivity index (χ1) is 8.93. The Balaban J connectivity index is 2.64. The average molecular weight is 259 g/mol. The third-order valence-electron chi connectivity index (χ3n) is 2.64. The standard InChI is InChI=1S/C14H17N3O2/c1-10(2)17(11(3)18)9-14(19)16-13-6-4-12(8-15)5-7-13/h4-7,10H,9H2,1-3H3,(H,16,19). The van der Waals surface area contributed by atoms with Gasteiger partial charge in [-0.15, -0.1) is 0 Å². The second kappa shape index (κ2) is 6.55. The van der Waals surface area contributed by atoms with Crippen molar-refractivity contribution < 1.29 is 9.59 Å². The molecule has 1 N–H and O–H groups in total. The Morgan fingerprint density at radius 2 is 1.89 bits per heavy atom. The Hall–Kier alpha value is -2.35. The summed E-state index contributed by atoms with van der Waals surface area (Å²) >= 11 is 0. The zero-order valence-electron chi connectivity index (χ0n) is 11.3. The van der Waals surface area contributed by atoms with Crippen LogP contribution in [-0.4, -0.2) is 29.3 Å². The molecule has 0 spiro atoms. The second-order valence-electron chi connectivity index (χ2n) is 4.48. The molecule has 1 aromatic carbocycles. The van der Waals surface area contributed by atoms with Crippen molar-refractivity contribution in [3.63, 3.8) is 0 Å². The summed E-state index contributed by atoms with van der Waals surface area (Å²) in [5.74, 6) is -0.390. The van der Waals surface area contributed by atoms with Crippen LogP contribution in [0, 0.1) is 11.3 Å². The predicted molar refractivity (Wildman–Crippen MR) is 72.3 cm³/mol. The average Bonchev–Trinajstić information content (AvgIpc) is 2.36. The summed E-state index contributed by atoms with van der Waals surface area (Å²) in [5.41, 5.74) is 1.14. The maximum absolute atomic E-state index is 11.8. The van der Waals surface area contributed by atoms with E-state index in [4.69, 9.17) is 5.26 Å². The summed E-state index contributed by atoms with van der Waals surface area (Å²) in [6.07, 6.45) is 0. The highest BCUT2D eigenvalue weighted by atomic mass is 16.2. The van der Waals surface area contributed by atoms with E-state index < -0.39 is 0 Å². The van der Waals surface area contributed by atoms with Gasteiger partial charge in [-0.05, 0) is 38.1 Å². The quantitative estimate of drug-likeness (QED) is 0.895. The molecule has 0 saturated carbocycles. The molecule has 5 heteroatoms. The van der Waals surface area contributed by atoms with E-state index in [-0.39, 0.29) is 24.4 Å². The van der Waals surface area contributed by atoms with E-state index in [0.717, 1.165) is 0 Å². The number of hydrogen-bond acceptors (Lipinski definition) is 3. The summed E-state index contributed by atoms with van der Waals surface area (Å²) in [6.45, 7) is 5.18. The number of carbonyl (C=O) groups is 2. The van der Waals surface area contributed by atoms with Gasteiger partial charge < -0.3 is 10.2 Å². The van der Waals surface area contributed by atoms with Crippen LogP contribution < -0.4 is 5.32 Å². The van der Waals surface area contributed by atoms with Crippen molar-refractivity contribution in [1.82, 2.24) is 4.90 Å². The largest absolute Gasteiger partial charge is 0.331 e. The lowest BCUT2D eigenvalue weighted by molar-refractivity contribution is -0.134. The van der Waals surface area contributed by atoms with Gasteiger partial charge in [0, 0.05) is 18.7 Å². The topological polar surface area (TPSA) is 73.2 Å². The monoisotopic (exact) mass is 259 g/mol. The normalized spacial score (nSPS) is 9.84. The lowest BCUT2D eigenvalue weighted by Gasteiger charge is -2.24. The number of nitrogens with one attached hydrogen (secondary N) is 1. The first-order valence-corrected chi connectivity index (χ1v) is 6.01. The number of nitrogens with zero attached hydrogens (tertiary/aromatic N) is 2. The Bertz CT molecular complexity index is 500. The summed E-state index contributed by atoms with van der Waals surface area (Å²) in [6, 6.07) is 8.55. The number of anilines is 1. The number of benzene rings is 1. The fourth-order valence-electron chi connectivity index (χ4n) is 1.64. The minimum atomic E-state index is -0.256. The Labute approximate surface area is 112 Å². The molecule has 5 nitrogen and oxygen atoms in total. The van der Waals surface area contributed by atoms with E-state index >= 15 is 0 Å². The van der Waals surface area contributed by atoms with Crippen LogP contribution in [-0.2, 0) is 9.59 Å². The van der Waals surface area contributed by atoms with Crippen LogP contribution in [0.5, 0.6) is 0 Å². The van der Waals surface area contributed by atoms with Gasteiger partial charge in [-0.25, -0.2) is 0 Å². The molecule has 0 aliphatic heterocycles. The molecular weight excluding hydrogens is 242 g/mol. The Morgan fingerprint density at radius 3 is 2.32 bits per heavy atom. The van der Waals surface area contributed by atoms with Crippen LogP contribution in [0.2, 0.25) is 0 Å². The molecule has 0 bridgehead atoms. The van der Waals surface area contributed by atoms with E-state index in [1.165, 1.54) is 11.8 Å². The van der Waals surface area contributed by atoms with Crippen molar-refractivity contribution in [2.45, 2.75) is 26.8 Å². The van der Waals surface area contributed by atoms with Crippen molar-refractivity contribution in [1.29, 1.82) is 5.26 Å². The van der Waals surface area contributed by atoms with Crippen molar-refractivity contribution in [3.8, 4) is 6.07 Å². The summed E-state index contributed by atoms with van der Waals surface area (Å²) in [5, 5.41) is 11.4. The van der Waals surface area contributed by atoms with Crippen LogP contribution >= 0.6 is 0 Å². The molecule has 0 fully saturated rings. The number of nitriles is 1. The smallest absolute Gasteiger partial charge is 0.244 e. The summed E-state index contributed by atoms with van der Waals surface area (Å²) < 4.78 is 0. The fourth-order valence-corrected chi connectivity index (χ4v) is 1.64. The molecule has 0 aromatic heterocycles. The minimum absolute atomic E-state index is 0.0208. The van der Waals surface area contributed by atoms with Gasteiger partial charge >= 0.3 is 0 Å². The van der Waals surface area contributed by atoms with Gasteiger partial charge in [0.15, 0.2) is 0 Å². The highest BCUT2D eigenvalue weighted by molar-refractivity contribution is 5.94. The van der Waals surface area contributed by atoms with Crippen LogP contribution in [0.1, 0.15) is 26.3 Å². The van der Waals surface area contributed by atoms with Gasteiger partial charge in [-0.2, -0.15) is 5.26 Å². The van der Waals surface area contributed by atoms with Gasteiger partial charge in [-0.1, -0.05) is 0 Å². The van der Waals surface area contributed by atoms with E-state index in [0.29, 0.717) is 11.3 Å². The highest BCUT2D eigenvalue weighted by Crippen LogP contribution is 2.09. The van der Waals surface area contributed by atoms with Gasteiger partial charge in [-0.3, -0.25) is 9.59 Å².